The van der Waals surface area contributed by atoms with Crippen LogP contribution in [0.1, 0.15) is 38.3 Å². The van der Waals surface area contributed by atoms with Crippen molar-refractivity contribution in [2.24, 2.45) is 5.92 Å². The molecule has 2 atom stereocenters. The van der Waals surface area contributed by atoms with Crippen molar-refractivity contribution in [2.75, 3.05) is 7.05 Å². The molecule has 1 aromatic heterocycles. The van der Waals surface area contributed by atoms with Crippen LogP contribution in [0.15, 0.2) is 36.7 Å². The summed E-state index contributed by atoms with van der Waals surface area (Å²) in [5, 5.41) is 5.99. The van der Waals surface area contributed by atoms with Crippen molar-refractivity contribution < 1.29 is 0 Å². The highest BCUT2D eigenvalue weighted by Gasteiger charge is 2.14. The summed E-state index contributed by atoms with van der Waals surface area (Å²) in [4.78, 5) is 4.20. The summed E-state index contributed by atoms with van der Waals surface area (Å²) in [6.07, 6.45) is 6.22. The van der Waals surface area contributed by atoms with Crippen molar-refractivity contribution in [1.29, 1.82) is 0 Å². The number of nitrogens with zero attached hydrogens (tertiary/aromatic N) is 1. The number of fused-ring (bicyclic) bond motifs is 1. The fourth-order valence-electron chi connectivity index (χ4n) is 2.42. The molecule has 2 aromatic rings. The van der Waals surface area contributed by atoms with Gasteiger partial charge in [0.25, 0.3) is 0 Å². The monoisotopic (exact) mass is 242 g/mol. The van der Waals surface area contributed by atoms with Gasteiger partial charge in [0.15, 0.2) is 0 Å². The van der Waals surface area contributed by atoms with Crippen LogP contribution < -0.4 is 5.32 Å². The normalized spacial score (nSPS) is 14.6. The number of hydrogen-bond acceptors (Lipinski definition) is 2. The second kappa shape index (κ2) is 5.96. The molecule has 2 heteroatoms. The number of nitrogens with one attached hydrogen (secondary N) is 1. The highest BCUT2D eigenvalue weighted by atomic mass is 14.9. The van der Waals surface area contributed by atoms with Gasteiger partial charge in [-0.1, -0.05) is 38.5 Å². The molecule has 1 heterocycles. The van der Waals surface area contributed by atoms with Crippen LogP contribution in [0.5, 0.6) is 0 Å². The molecule has 1 N–H and O–H groups in total. The fraction of sp³-hybridized carbons (Fsp3) is 0.438. The summed E-state index contributed by atoms with van der Waals surface area (Å²) in [6, 6.07) is 9.02. The van der Waals surface area contributed by atoms with E-state index < -0.39 is 0 Å². The maximum atomic E-state index is 4.20. The van der Waals surface area contributed by atoms with Crippen LogP contribution in [0, 0.1) is 5.92 Å². The quantitative estimate of drug-likeness (QED) is 0.859. The van der Waals surface area contributed by atoms with Gasteiger partial charge >= 0.3 is 0 Å². The van der Waals surface area contributed by atoms with Gasteiger partial charge in [-0.05, 0) is 36.4 Å². The maximum Gasteiger partial charge on any atom is 0.0346 e. The molecule has 0 aliphatic heterocycles. The Kier molecular flexibility index (Phi) is 4.32. The zero-order valence-corrected chi connectivity index (χ0v) is 11.5. The number of pyridine rings is 1. The minimum Gasteiger partial charge on any atom is -0.313 e. The Morgan fingerprint density at radius 1 is 1.28 bits per heavy atom. The fourth-order valence-corrected chi connectivity index (χ4v) is 2.42. The summed E-state index contributed by atoms with van der Waals surface area (Å²) < 4.78 is 0. The first-order valence-electron chi connectivity index (χ1n) is 6.76. The Balaban J connectivity index is 2.38. The van der Waals surface area contributed by atoms with Crippen molar-refractivity contribution in [3.05, 3.63) is 42.2 Å². The SMILES string of the molecule is CCC(C)CC(NC)c1cccc2cnccc12. The summed E-state index contributed by atoms with van der Waals surface area (Å²) in [5.41, 5.74) is 1.39. The van der Waals surface area contributed by atoms with Crippen LogP contribution in [0.4, 0.5) is 0 Å². The van der Waals surface area contributed by atoms with Crippen molar-refractivity contribution in [3.63, 3.8) is 0 Å². The zero-order valence-electron chi connectivity index (χ0n) is 11.5. The molecule has 18 heavy (non-hydrogen) atoms. The average molecular weight is 242 g/mol. The minimum atomic E-state index is 0.422. The van der Waals surface area contributed by atoms with Crippen LogP contribution in [0.2, 0.25) is 0 Å². The topological polar surface area (TPSA) is 24.9 Å². The molecule has 0 saturated heterocycles. The largest absolute Gasteiger partial charge is 0.313 e. The second-order valence-electron chi connectivity index (χ2n) is 5.03. The van der Waals surface area contributed by atoms with Crippen LogP contribution in [0.25, 0.3) is 10.8 Å². The lowest BCUT2D eigenvalue weighted by molar-refractivity contribution is 0.423. The van der Waals surface area contributed by atoms with Gasteiger partial charge in [0.2, 0.25) is 0 Å². The van der Waals surface area contributed by atoms with E-state index in [4.69, 9.17) is 0 Å². The van der Waals surface area contributed by atoms with Gasteiger partial charge in [0, 0.05) is 23.8 Å². The predicted molar refractivity (Wildman–Crippen MR) is 77.6 cm³/mol. The predicted octanol–water partition coefficient (Wildman–Crippen LogP) is 3.93. The highest BCUT2D eigenvalue weighted by molar-refractivity contribution is 5.85. The minimum absolute atomic E-state index is 0.422. The molecule has 0 fully saturated rings. The van der Waals surface area contributed by atoms with Gasteiger partial charge in [-0.2, -0.15) is 0 Å². The van der Waals surface area contributed by atoms with Crippen LogP contribution >= 0.6 is 0 Å². The van der Waals surface area contributed by atoms with E-state index in [0.29, 0.717) is 6.04 Å². The van der Waals surface area contributed by atoms with Crippen molar-refractivity contribution in [3.8, 4) is 0 Å². The molecule has 0 aliphatic rings. The van der Waals surface area contributed by atoms with E-state index >= 15 is 0 Å². The second-order valence-corrected chi connectivity index (χ2v) is 5.03. The van der Waals surface area contributed by atoms with E-state index in [1.807, 2.05) is 19.4 Å². The summed E-state index contributed by atoms with van der Waals surface area (Å²) in [6.45, 7) is 4.57. The Labute approximate surface area is 109 Å². The van der Waals surface area contributed by atoms with Crippen LogP contribution in [-0.2, 0) is 0 Å². The average Bonchev–Trinajstić information content (AvgIpc) is 2.44. The van der Waals surface area contributed by atoms with Gasteiger partial charge in [0.05, 0.1) is 0 Å². The summed E-state index contributed by atoms with van der Waals surface area (Å²) >= 11 is 0. The standard InChI is InChI=1S/C16H22N2/c1-4-12(2)10-16(17-3)15-7-5-6-13-11-18-9-8-14(13)15/h5-9,11-12,16-17H,4,10H2,1-3H3. The lowest BCUT2D eigenvalue weighted by Gasteiger charge is -2.21. The third-order valence-electron chi connectivity index (χ3n) is 3.77. The molecule has 0 radical (unpaired) electrons. The summed E-state index contributed by atoms with van der Waals surface area (Å²) in [5.74, 6) is 0.736. The van der Waals surface area contributed by atoms with Crippen molar-refractivity contribution in [2.45, 2.75) is 32.7 Å². The molecule has 96 valence electrons. The summed E-state index contributed by atoms with van der Waals surface area (Å²) in [7, 11) is 2.05. The van der Waals surface area contributed by atoms with E-state index in [1.54, 1.807) is 0 Å². The van der Waals surface area contributed by atoms with Gasteiger partial charge in [-0.25, -0.2) is 0 Å². The molecular weight excluding hydrogens is 220 g/mol. The molecule has 2 rings (SSSR count). The lowest BCUT2D eigenvalue weighted by atomic mass is 9.92. The first kappa shape index (κ1) is 13.0. The Hall–Kier alpha value is -1.41. The van der Waals surface area contributed by atoms with Crippen LogP contribution in [0.3, 0.4) is 0 Å². The molecule has 0 bridgehead atoms. The first-order valence-corrected chi connectivity index (χ1v) is 6.76. The highest BCUT2D eigenvalue weighted by Crippen LogP contribution is 2.28. The van der Waals surface area contributed by atoms with Gasteiger partial charge in [0.1, 0.15) is 0 Å². The molecule has 0 amide bonds. The Morgan fingerprint density at radius 2 is 2.11 bits per heavy atom. The molecule has 0 aliphatic carbocycles. The first-order chi connectivity index (χ1) is 8.76. The molecular formula is C16H22N2. The van der Waals surface area contributed by atoms with E-state index in [2.05, 4.69) is 48.4 Å². The van der Waals surface area contributed by atoms with E-state index in [0.717, 1.165) is 5.92 Å². The number of benzene rings is 1. The van der Waals surface area contributed by atoms with E-state index in [1.165, 1.54) is 29.2 Å². The lowest BCUT2D eigenvalue weighted by Crippen LogP contribution is -2.19. The molecule has 2 nitrogen and oxygen atoms in total. The van der Waals surface area contributed by atoms with E-state index in [-0.39, 0.29) is 0 Å². The Bertz CT molecular complexity index is 502. The van der Waals surface area contributed by atoms with Crippen molar-refractivity contribution in [1.82, 2.24) is 10.3 Å². The van der Waals surface area contributed by atoms with Gasteiger partial charge in [-0.3, -0.25) is 4.98 Å². The van der Waals surface area contributed by atoms with Gasteiger partial charge in [-0.15, -0.1) is 0 Å². The van der Waals surface area contributed by atoms with Gasteiger partial charge < -0.3 is 5.32 Å². The number of rotatable bonds is 5. The molecule has 1 aromatic carbocycles. The van der Waals surface area contributed by atoms with E-state index in [9.17, 15) is 0 Å². The van der Waals surface area contributed by atoms with Crippen LogP contribution in [-0.4, -0.2) is 12.0 Å². The smallest absolute Gasteiger partial charge is 0.0346 e. The third kappa shape index (κ3) is 2.70. The zero-order chi connectivity index (χ0) is 13.0. The number of aromatic nitrogens is 1. The third-order valence-corrected chi connectivity index (χ3v) is 3.77. The number of hydrogen-bond donors (Lipinski definition) is 1. The van der Waals surface area contributed by atoms with Crippen molar-refractivity contribution >= 4 is 10.8 Å². The molecule has 0 saturated carbocycles. The maximum absolute atomic E-state index is 4.20. The molecule has 0 spiro atoms. The molecule has 2 unspecified atom stereocenters. The Morgan fingerprint density at radius 3 is 2.83 bits per heavy atom.